The molecule has 3 heterocycles. The van der Waals surface area contributed by atoms with E-state index in [0.717, 1.165) is 27.1 Å². The number of hydrogen-bond donors (Lipinski definition) is 2. The summed E-state index contributed by atoms with van der Waals surface area (Å²) in [5, 5.41) is 3.65. The molecule has 1 fully saturated rings. The largest absolute Gasteiger partial charge is 0.356 e. The first-order chi connectivity index (χ1) is 20.4. The summed E-state index contributed by atoms with van der Waals surface area (Å²) in [6, 6.07) is 24.0. The van der Waals surface area contributed by atoms with Gasteiger partial charge in [0.05, 0.1) is 11.3 Å². The summed E-state index contributed by atoms with van der Waals surface area (Å²) in [6.07, 6.45) is 0.278. The lowest BCUT2D eigenvalue weighted by Gasteiger charge is -2.36. The van der Waals surface area contributed by atoms with Crippen molar-refractivity contribution in [3.8, 4) is 0 Å². The molecule has 1 saturated heterocycles. The number of hydrogen-bond acceptors (Lipinski definition) is 3. The lowest BCUT2D eigenvalue weighted by atomic mass is 9.89. The van der Waals surface area contributed by atoms with Crippen LogP contribution >= 0.6 is 0 Å². The number of amides is 4. The van der Waals surface area contributed by atoms with E-state index >= 15 is 0 Å². The number of aromatic nitrogens is 1. The van der Waals surface area contributed by atoms with Gasteiger partial charge < -0.3 is 10.3 Å². The van der Waals surface area contributed by atoms with E-state index in [-0.39, 0.29) is 24.2 Å². The van der Waals surface area contributed by atoms with Crippen molar-refractivity contribution < 1.29 is 23.2 Å². The first-order valence-electron chi connectivity index (χ1n) is 13.5. The van der Waals surface area contributed by atoms with Crippen LogP contribution in [0.3, 0.4) is 0 Å². The molecule has 5 aromatic rings. The van der Waals surface area contributed by atoms with Crippen molar-refractivity contribution in [2.24, 2.45) is 0 Å². The van der Waals surface area contributed by atoms with Crippen LogP contribution in [0.5, 0.6) is 0 Å². The fourth-order valence-electron chi connectivity index (χ4n) is 6.06. The van der Waals surface area contributed by atoms with Gasteiger partial charge in [0.1, 0.15) is 23.7 Å². The van der Waals surface area contributed by atoms with Crippen molar-refractivity contribution in [1.82, 2.24) is 15.2 Å². The van der Waals surface area contributed by atoms with E-state index < -0.39 is 41.6 Å². The zero-order valence-corrected chi connectivity index (χ0v) is 22.2. The third-order valence-corrected chi connectivity index (χ3v) is 8.02. The van der Waals surface area contributed by atoms with Crippen LogP contribution < -0.4 is 10.2 Å². The molecule has 7 nitrogen and oxygen atoms in total. The molecule has 0 unspecified atom stereocenters. The van der Waals surface area contributed by atoms with E-state index in [4.69, 9.17) is 0 Å². The number of benzene rings is 4. The fourth-order valence-corrected chi connectivity index (χ4v) is 6.06. The average molecular weight is 563 g/mol. The maximum absolute atomic E-state index is 14.2. The number of imide groups is 1. The minimum absolute atomic E-state index is 0.0646. The predicted octanol–water partition coefficient (Wildman–Crippen LogP) is 5.86. The Labute approximate surface area is 239 Å². The van der Waals surface area contributed by atoms with Crippen LogP contribution in [0.25, 0.3) is 10.9 Å². The lowest BCUT2D eigenvalue weighted by Crippen LogP contribution is -2.44. The van der Waals surface area contributed by atoms with Gasteiger partial charge >= 0.3 is 6.03 Å². The zero-order chi connectivity index (χ0) is 29.0. The molecule has 7 rings (SSSR count). The molecule has 0 saturated carbocycles. The summed E-state index contributed by atoms with van der Waals surface area (Å²) in [4.78, 5) is 47.5. The second kappa shape index (κ2) is 9.95. The molecule has 0 spiro atoms. The molecule has 42 heavy (non-hydrogen) atoms. The Hall–Kier alpha value is -5.31. The quantitative estimate of drug-likeness (QED) is 0.263. The van der Waals surface area contributed by atoms with E-state index in [1.54, 1.807) is 48.5 Å². The number of urea groups is 1. The first kappa shape index (κ1) is 25.6. The molecule has 2 aliphatic heterocycles. The van der Waals surface area contributed by atoms with Crippen LogP contribution in [0.15, 0.2) is 97.1 Å². The third kappa shape index (κ3) is 4.04. The Bertz CT molecular complexity index is 1880. The first-order valence-corrected chi connectivity index (χ1v) is 13.5. The summed E-state index contributed by atoms with van der Waals surface area (Å²) < 4.78 is 28.1. The Morgan fingerprint density at radius 2 is 1.60 bits per heavy atom. The van der Waals surface area contributed by atoms with Crippen molar-refractivity contribution in [2.75, 3.05) is 4.90 Å². The number of carbonyl (C=O) groups excluding carboxylic acids is 3. The third-order valence-electron chi connectivity index (χ3n) is 8.02. The number of H-pyrrole nitrogens is 1. The summed E-state index contributed by atoms with van der Waals surface area (Å²) in [6.45, 7) is -0.0646. The van der Waals surface area contributed by atoms with Gasteiger partial charge in [-0.05, 0) is 47.5 Å². The summed E-state index contributed by atoms with van der Waals surface area (Å²) in [5.74, 6) is -1.87. The van der Waals surface area contributed by atoms with E-state index in [9.17, 15) is 23.2 Å². The summed E-state index contributed by atoms with van der Waals surface area (Å²) in [7, 11) is 0. The highest BCUT2D eigenvalue weighted by atomic mass is 19.1. The highest BCUT2D eigenvalue weighted by Crippen LogP contribution is 2.45. The van der Waals surface area contributed by atoms with Gasteiger partial charge in [0, 0.05) is 35.1 Å². The second-order valence-corrected chi connectivity index (χ2v) is 10.4. The normalized spacial score (nSPS) is 17.9. The van der Waals surface area contributed by atoms with Crippen molar-refractivity contribution in [3.63, 3.8) is 0 Å². The average Bonchev–Trinajstić information content (AvgIpc) is 3.50. The van der Waals surface area contributed by atoms with Gasteiger partial charge in [-0.25, -0.2) is 18.5 Å². The molecule has 2 atom stereocenters. The van der Waals surface area contributed by atoms with E-state index in [1.807, 2.05) is 24.3 Å². The number of aromatic amines is 1. The predicted molar refractivity (Wildman–Crippen MR) is 153 cm³/mol. The lowest BCUT2D eigenvalue weighted by molar-refractivity contribution is -0.120. The van der Waals surface area contributed by atoms with Gasteiger partial charge in [-0.3, -0.25) is 14.5 Å². The van der Waals surface area contributed by atoms with Crippen LogP contribution in [0.2, 0.25) is 0 Å². The number of nitrogens with zero attached hydrogens (tertiary/aromatic N) is 2. The van der Waals surface area contributed by atoms with Crippen molar-refractivity contribution in [2.45, 2.75) is 25.0 Å². The molecule has 9 heteroatoms. The van der Waals surface area contributed by atoms with Gasteiger partial charge in [0.2, 0.25) is 0 Å². The minimum Gasteiger partial charge on any atom is -0.356 e. The Kier molecular flexibility index (Phi) is 6.08. The van der Waals surface area contributed by atoms with Crippen molar-refractivity contribution >= 4 is 34.4 Å². The highest BCUT2D eigenvalue weighted by molar-refractivity contribution is 6.24. The molecular weight excluding hydrogens is 538 g/mol. The van der Waals surface area contributed by atoms with Crippen molar-refractivity contribution in [3.05, 3.63) is 137 Å². The molecule has 208 valence electrons. The number of carbonyl (C=O) groups is 3. The number of halogens is 2. The molecule has 4 aromatic carbocycles. The van der Waals surface area contributed by atoms with E-state index in [0.29, 0.717) is 11.1 Å². The number of para-hydroxylation sites is 2. The smallest absolute Gasteiger partial charge is 0.332 e. The zero-order valence-electron chi connectivity index (χ0n) is 22.2. The molecule has 0 bridgehead atoms. The van der Waals surface area contributed by atoms with Gasteiger partial charge in [0.25, 0.3) is 11.8 Å². The number of anilines is 1. The molecule has 1 aromatic heterocycles. The van der Waals surface area contributed by atoms with E-state index in [1.165, 1.54) is 29.2 Å². The van der Waals surface area contributed by atoms with E-state index in [2.05, 4.69) is 10.3 Å². The standard InChI is InChI=1S/C33H24F2N4O3/c34-21-15-13-19(14-16-21)30-29-24(22-8-2-5-11-26(22)37-29)17-28-32(41)39(33(42)38(28)30)27-12-6-3-9-23(27)31(40)36-18-20-7-1-4-10-25(20)35/h1-16,28,30,37H,17-18H2,(H,36,40)/t28-,30-/m0/s1. The van der Waals surface area contributed by atoms with Crippen LogP contribution in [0.1, 0.15) is 38.8 Å². The van der Waals surface area contributed by atoms with Crippen LogP contribution in [0, 0.1) is 11.6 Å². The van der Waals surface area contributed by atoms with Crippen LogP contribution in [-0.4, -0.2) is 33.8 Å². The molecular formula is C33H24F2N4O3. The summed E-state index contributed by atoms with van der Waals surface area (Å²) in [5.41, 5.74) is 3.76. The van der Waals surface area contributed by atoms with Crippen LogP contribution in [0.4, 0.5) is 19.3 Å². The van der Waals surface area contributed by atoms with Crippen molar-refractivity contribution in [1.29, 1.82) is 0 Å². The molecule has 2 N–H and O–H groups in total. The Morgan fingerprint density at radius 1 is 0.881 bits per heavy atom. The monoisotopic (exact) mass is 562 g/mol. The number of fused-ring (bicyclic) bond motifs is 4. The molecule has 4 amide bonds. The van der Waals surface area contributed by atoms with Gasteiger partial charge in [-0.1, -0.05) is 60.7 Å². The molecule has 2 aliphatic rings. The topological polar surface area (TPSA) is 85.5 Å². The Morgan fingerprint density at radius 3 is 2.40 bits per heavy atom. The van der Waals surface area contributed by atoms with Gasteiger partial charge in [-0.2, -0.15) is 0 Å². The molecule has 0 aliphatic carbocycles. The van der Waals surface area contributed by atoms with Crippen LogP contribution in [-0.2, 0) is 17.8 Å². The molecule has 0 radical (unpaired) electrons. The van der Waals surface area contributed by atoms with Gasteiger partial charge in [0.15, 0.2) is 0 Å². The minimum atomic E-state index is -0.839. The summed E-state index contributed by atoms with van der Waals surface area (Å²) >= 11 is 0. The SMILES string of the molecule is O=C(NCc1ccccc1F)c1ccccc1N1C(=O)[C@@H]2Cc3c([nH]c4ccccc34)[C@H](c3ccc(F)cc3)N2C1=O. The Balaban J connectivity index is 1.28. The number of rotatable bonds is 5. The second-order valence-electron chi connectivity index (χ2n) is 10.4. The maximum Gasteiger partial charge on any atom is 0.332 e. The fraction of sp³-hybridized carbons (Fsp3) is 0.121. The highest BCUT2D eigenvalue weighted by Gasteiger charge is 2.53. The maximum atomic E-state index is 14.2. The number of nitrogens with one attached hydrogen (secondary N) is 2. The van der Waals surface area contributed by atoms with Gasteiger partial charge in [-0.15, -0.1) is 0 Å².